The summed E-state index contributed by atoms with van der Waals surface area (Å²) in [5, 5.41) is 8.61. The van der Waals surface area contributed by atoms with Crippen molar-refractivity contribution in [1.29, 1.82) is 0 Å². The third-order valence-corrected chi connectivity index (χ3v) is 23.4. The van der Waals surface area contributed by atoms with Crippen molar-refractivity contribution in [3.63, 3.8) is 0 Å². The second kappa shape index (κ2) is 38.0. The van der Waals surface area contributed by atoms with E-state index in [0.29, 0.717) is 19.3 Å². The molecule has 3 N–H and O–H groups in total. The first-order chi connectivity index (χ1) is 50.1. The second-order valence-electron chi connectivity index (χ2n) is 31.9. The SMILES string of the molecule is CCO[C@@H]1C[C@H]2C(=O)NC3(CC(C)(C)C3)C(=O)N(C)[C@@H](C(CC)CC)C(=O)N(C)[C@H](C(=O)N(C)C)CC(=O)N(C)[C@@H](COC)C(=O)N[C@@H]([C@@H](C)CC)C(=O)N(C)CC(=O)N(C)[C@H]3C/C=C\CCN(C3=O)[C@@H](CC3CCC(F)(F)CC3)C(=O)N(C)CC(=O)N[C@@H](CCC3CCC(C(F)(F)F)C(OC)C3)C(=O)N2C1. The highest BCUT2D eigenvalue weighted by Gasteiger charge is 2.59. The van der Waals surface area contributed by atoms with E-state index in [9.17, 15) is 50.7 Å². The standard InChI is InChI=1S/C75H121F5N12O15/c1-18-45(5)61-69(102)86(11)41-60(95)87(12)52-25-23-22-24-34-91(68(52)101)55(35-47-30-32-74(76,77)33-31-47)67(100)85(10)40-58(93)81-51(29-27-46-26-28-50(75(78,79)80)57(36-46)106-17)65(98)92-39-49(107-21-4)37-53(92)64(97)83-73(43-72(6,7)44-73)71(104)90(15)62(48(19-2)20-3)70(103)89(14)54(66(99)84(8)9)38-59(94)88(13)56(42-105-16)63(96)82-61/h22-23,45-57,61-62H,18-21,24-44H2,1-17H3,(H,81,93)(H,82,96)(H,83,97)/b23-22-/t45-,46?,49+,50?,51-,52-,53-,54-,55-,56-,57?,61-,62-/m0/s1. The summed E-state index contributed by atoms with van der Waals surface area (Å²) in [5.74, 6) is -16.0. The van der Waals surface area contributed by atoms with Crippen molar-refractivity contribution in [3.05, 3.63) is 12.2 Å². The highest BCUT2D eigenvalue weighted by molar-refractivity contribution is 6.01. The van der Waals surface area contributed by atoms with Gasteiger partial charge in [-0.15, -0.1) is 0 Å². The van der Waals surface area contributed by atoms with Gasteiger partial charge >= 0.3 is 6.18 Å². The van der Waals surface area contributed by atoms with Crippen LogP contribution in [0.4, 0.5) is 22.0 Å². The largest absolute Gasteiger partial charge is 0.394 e. The molecule has 13 atom stereocenters. The lowest BCUT2D eigenvalue weighted by Gasteiger charge is -2.54. The predicted molar refractivity (Wildman–Crippen MR) is 386 cm³/mol. The number of carbonyl (C=O) groups is 12. The summed E-state index contributed by atoms with van der Waals surface area (Å²) < 4.78 is 89.6. The van der Waals surface area contributed by atoms with Crippen LogP contribution in [0.15, 0.2) is 12.2 Å². The molecule has 0 radical (unpaired) electrons. The molecular weight excluding hydrogens is 1400 g/mol. The van der Waals surface area contributed by atoms with Crippen molar-refractivity contribution in [1.82, 2.24) is 60.0 Å². The molecule has 2 saturated heterocycles. The van der Waals surface area contributed by atoms with E-state index < -0.39 is 223 Å². The van der Waals surface area contributed by atoms with Crippen LogP contribution in [0.1, 0.15) is 170 Å². The number of halogens is 5. The van der Waals surface area contributed by atoms with Crippen molar-refractivity contribution < 1.29 is 93.7 Å². The number of amides is 12. The Balaban J connectivity index is 1.50. The fourth-order valence-corrected chi connectivity index (χ4v) is 16.9. The summed E-state index contributed by atoms with van der Waals surface area (Å²) in [6.45, 7) is 10.7. The Kier molecular flexibility index (Phi) is 31.6. The van der Waals surface area contributed by atoms with Crippen LogP contribution in [0.5, 0.6) is 0 Å². The lowest BCUT2D eigenvalue weighted by atomic mass is 9.58. The van der Waals surface area contributed by atoms with Gasteiger partial charge in [-0.2, -0.15) is 13.2 Å². The number of alkyl halides is 5. The molecule has 32 heteroatoms. The highest BCUT2D eigenvalue weighted by Crippen LogP contribution is 2.50. The summed E-state index contributed by atoms with van der Waals surface area (Å²) in [6.07, 6.45) is -4.07. The van der Waals surface area contributed by atoms with Crippen LogP contribution < -0.4 is 16.0 Å². The first-order valence-electron chi connectivity index (χ1n) is 38.1. The van der Waals surface area contributed by atoms with Gasteiger partial charge in [0, 0.05) is 110 Å². The minimum Gasteiger partial charge on any atom is -0.382 e. The second-order valence-corrected chi connectivity index (χ2v) is 31.9. The molecule has 0 aromatic carbocycles. The van der Waals surface area contributed by atoms with E-state index in [1.54, 1.807) is 32.9 Å². The van der Waals surface area contributed by atoms with Crippen molar-refractivity contribution >= 4 is 70.9 Å². The van der Waals surface area contributed by atoms with Crippen LogP contribution in [0.3, 0.4) is 0 Å². The van der Waals surface area contributed by atoms with Gasteiger partial charge in [0.1, 0.15) is 53.9 Å². The van der Waals surface area contributed by atoms with Gasteiger partial charge in [0.25, 0.3) is 0 Å². The number of rotatable bonds is 16. The van der Waals surface area contributed by atoms with Crippen LogP contribution in [-0.2, 0) is 71.7 Å². The molecule has 6 aliphatic rings. The molecule has 3 aliphatic heterocycles. The summed E-state index contributed by atoms with van der Waals surface area (Å²) in [7, 11) is 13.4. The van der Waals surface area contributed by atoms with E-state index in [-0.39, 0.29) is 103 Å². The molecule has 1 spiro atoms. The number of ether oxygens (including phenoxy) is 3. The van der Waals surface area contributed by atoms with Crippen molar-refractivity contribution in [2.75, 3.05) is 110 Å². The Morgan fingerprint density at radius 2 is 1.32 bits per heavy atom. The Hall–Kier alpha value is -7.09. The Morgan fingerprint density at radius 3 is 1.89 bits per heavy atom. The summed E-state index contributed by atoms with van der Waals surface area (Å²) in [5.41, 5.74) is -2.29. The maximum atomic E-state index is 15.8. The maximum absolute atomic E-state index is 15.8. The number of likely N-dealkylation sites (N-methyl/N-ethyl adjacent to an activating group) is 7. The lowest BCUT2D eigenvalue weighted by molar-refractivity contribution is -0.215. The van der Waals surface area contributed by atoms with Gasteiger partial charge in [-0.25, -0.2) is 8.78 Å². The average Bonchev–Trinajstić information content (AvgIpc) is 1.35. The van der Waals surface area contributed by atoms with Gasteiger partial charge in [0.15, 0.2) is 0 Å². The zero-order chi connectivity index (χ0) is 80.1. The maximum Gasteiger partial charge on any atom is 0.394 e. The minimum atomic E-state index is -4.56. The number of hydrogen-bond acceptors (Lipinski definition) is 15. The monoisotopic (exact) mass is 1520 g/mol. The third-order valence-electron chi connectivity index (χ3n) is 23.4. The van der Waals surface area contributed by atoms with Crippen LogP contribution in [-0.4, -0.2) is 303 Å². The molecule has 0 aromatic heterocycles. The number of fused-ring (bicyclic) bond motifs is 3. The molecule has 107 heavy (non-hydrogen) atoms. The molecule has 12 amide bonds. The van der Waals surface area contributed by atoms with E-state index in [2.05, 4.69) is 16.0 Å². The van der Waals surface area contributed by atoms with Crippen molar-refractivity contribution in [2.24, 2.45) is 35.0 Å². The molecule has 3 saturated carbocycles. The molecule has 6 rings (SSSR count). The molecule has 2 bridgehead atoms. The topological polar surface area (TPSA) is 298 Å². The number of nitrogens with one attached hydrogen (secondary N) is 3. The minimum absolute atomic E-state index is 0.0128. The average molecular weight is 1530 g/mol. The smallest absolute Gasteiger partial charge is 0.382 e. The molecule has 606 valence electrons. The van der Waals surface area contributed by atoms with Crippen LogP contribution in [0, 0.1) is 35.0 Å². The molecule has 3 heterocycles. The molecular formula is C75H121F5N12O15. The predicted octanol–water partition coefficient (Wildman–Crippen LogP) is 5.02. The van der Waals surface area contributed by atoms with E-state index >= 15 is 28.8 Å². The van der Waals surface area contributed by atoms with Gasteiger partial charge < -0.3 is 74.3 Å². The zero-order valence-corrected chi connectivity index (χ0v) is 66.0. The van der Waals surface area contributed by atoms with Gasteiger partial charge in [-0.05, 0) is 113 Å². The fraction of sp³-hybridized carbons (Fsp3) is 0.813. The first-order valence-corrected chi connectivity index (χ1v) is 38.1. The van der Waals surface area contributed by atoms with E-state index in [1.165, 1.54) is 90.2 Å². The molecule has 5 fully saturated rings. The zero-order valence-electron chi connectivity index (χ0n) is 66.0. The van der Waals surface area contributed by atoms with Crippen molar-refractivity contribution in [2.45, 2.75) is 249 Å². The van der Waals surface area contributed by atoms with Gasteiger partial charge in [-0.3, -0.25) is 57.5 Å². The Labute approximate surface area is 628 Å². The Morgan fingerprint density at radius 1 is 0.682 bits per heavy atom. The summed E-state index contributed by atoms with van der Waals surface area (Å²) >= 11 is 0. The Bertz CT molecular complexity index is 3180. The normalized spacial score (nSPS) is 30.2. The highest BCUT2D eigenvalue weighted by atomic mass is 19.4. The van der Waals surface area contributed by atoms with E-state index in [0.717, 1.165) is 24.5 Å². The molecule has 3 unspecified atom stereocenters. The fourth-order valence-electron chi connectivity index (χ4n) is 16.9. The lowest BCUT2D eigenvalue weighted by Crippen LogP contribution is -2.71. The third kappa shape index (κ3) is 21.9. The summed E-state index contributed by atoms with van der Waals surface area (Å²) in [4.78, 5) is 192. The first kappa shape index (κ1) is 88.8. The quantitative estimate of drug-likeness (QED) is 0.135. The van der Waals surface area contributed by atoms with Gasteiger partial charge in [0.2, 0.25) is 76.8 Å². The summed E-state index contributed by atoms with van der Waals surface area (Å²) in [6, 6.07) is -11.2. The van der Waals surface area contributed by atoms with Gasteiger partial charge in [-0.1, -0.05) is 73.0 Å². The van der Waals surface area contributed by atoms with Crippen LogP contribution in [0.2, 0.25) is 0 Å². The molecule has 27 nitrogen and oxygen atoms in total. The number of hydrogen-bond donors (Lipinski definition) is 3. The number of methoxy groups -OCH3 is 2. The van der Waals surface area contributed by atoms with Crippen LogP contribution in [0.25, 0.3) is 0 Å². The molecule has 0 aromatic rings. The number of carbonyl (C=O) groups excluding carboxylic acids is 12. The van der Waals surface area contributed by atoms with Crippen molar-refractivity contribution in [3.8, 4) is 0 Å². The van der Waals surface area contributed by atoms with Gasteiger partial charge in [0.05, 0.1) is 44.2 Å². The number of nitrogens with zero attached hydrogens (tertiary/aromatic N) is 9. The molecule has 3 aliphatic carbocycles. The van der Waals surface area contributed by atoms with Crippen LogP contribution >= 0.6 is 0 Å². The van der Waals surface area contributed by atoms with E-state index in [4.69, 9.17) is 14.2 Å². The van der Waals surface area contributed by atoms with E-state index in [1.807, 2.05) is 27.7 Å².